The summed E-state index contributed by atoms with van der Waals surface area (Å²) in [6, 6.07) is 0. The standard InChI is InChI=1S/C7H15N5/c1-2-4-12-5-3-10-7(12)11-6(8)9/h2-5H2,1H3,(H4,8,9,10,11). The molecule has 0 unspecified atom stereocenters. The maximum absolute atomic E-state index is 5.25. The van der Waals surface area contributed by atoms with Gasteiger partial charge in [-0.05, 0) is 6.42 Å². The number of nitrogens with two attached hydrogens (primary N) is 2. The van der Waals surface area contributed by atoms with E-state index in [4.69, 9.17) is 11.5 Å². The van der Waals surface area contributed by atoms with Gasteiger partial charge in [0.25, 0.3) is 0 Å². The van der Waals surface area contributed by atoms with Crippen molar-refractivity contribution in [1.29, 1.82) is 0 Å². The second-order valence-corrected chi connectivity index (χ2v) is 2.71. The average Bonchev–Trinajstić information content (AvgIpc) is 2.37. The number of aliphatic imine (C=N–C) groups is 2. The fourth-order valence-corrected chi connectivity index (χ4v) is 1.17. The highest BCUT2D eigenvalue weighted by Gasteiger charge is 2.14. The summed E-state index contributed by atoms with van der Waals surface area (Å²) in [5, 5.41) is 0. The molecular weight excluding hydrogens is 154 g/mol. The molecule has 68 valence electrons. The van der Waals surface area contributed by atoms with Gasteiger partial charge in [0.15, 0.2) is 5.96 Å². The number of guanidine groups is 2. The molecule has 0 aromatic rings. The van der Waals surface area contributed by atoms with Gasteiger partial charge in [-0.1, -0.05) is 6.92 Å². The van der Waals surface area contributed by atoms with Crippen LogP contribution in [0.1, 0.15) is 13.3 Å². The van der Waals surface area contributed by atoms with E-state index in [1.807, 2.05) is 0 Å². The highest BCUT2D eigenvalue weighted by atomic mass is 15.3. The van der Waals surface area contributed by atoms with Crippen LogP contribution in [0, 0.1) is 0 Å². The molecule has 4 N–H and O–H groups in total. The Morgan fingerprint density at radius 3 is 3.00 bits per heavy atom. The second kappa shape index (κ2) is 3.94. The van der Waals surface area contributed by atoms with E-state index in [1.54, 1.807) is 0 Å². The van der Waals surface area contributed by atoms with Gasteiger partial charge in [-0.3, -0.25) is 0 Å². The predicted octanol–water partition coefficient (Wildman–Crippen LogP) is -0.659. The van der Waals surface area contributed by atoms with E-state index in [0.29, 0.717) is 5.96 Å². The van der Waals surface area contributed by atoms with Crippen LogP contribution in [-0.2, 0) is 0 Å². The molecule has 1 aliphatic heterocycles. The van der Waals surface area contributed by atoms with Crippen LogP contribution >= 0.6 is 0 Å². The Morgan fingerprint density at radius 1 is 1.67 bits per heavy atom. The van der Waals surface area contributed by atoms with Crippen LogP contribution in [-0.4, -0.2) is 36.5 Å². The van der Waals surface area contributed by atoms with Crippen LogP contribution in [0.15, 0.2) is 9.98 Å². The predicted molar refractivity (Wildman–Crippen MR) is 50.0 cm³/mol. The molecule has 0 aliphatic carbocycles. The van der Waals surface area contributed by atoms with Crippen molar-refractivity contribution in [2.45, 2.75) is 13.3 Å². The van der Waals surface area contributed by atoms with Gasteiger partial charge in [0.2, 0.25) is 5.96 Å². The third-order valence-corrected chi connectivity index (χ3v) is 1.63. The van der Waals surface area contributed by atoms with Crippen LogP contribution in [0.3, 0.4) is 0 Å². The zero-order valence-electron chi connectivity index (χ0n) is 7.32. The topological polar surface area (TPSA) is 80.0 Å². The number of hydrogen-bond acceptors (Lipinski definition) is 3. The molecule has 0 saturated carbocycles. The first-order chi connectivity index (χ1) is 5.74. The van der Waals surface area contributed by atoms with E-state index in [2.05, 4.69) is 21.8 Å². The van der Waals surface area contributed by atoms with Gasteiger partial charge in [0.1, 0.15) is 0 Å². The van der Waals surface area contributed by atoms with E-state index < -0.39 is 0 Å². The van der Waals surface area contributed by atoms with Crippen molar-refractivity contribution >= 4 is 11.9 Å². The van der Waals surface area contributed by atoms with Crippen molar-refractivity contribution in [2.75, 3.05) is 19.6 Å². The molecule has 12 heavy (non-hydrogen) atoms. The van der Waals surface area contributed by atoms with Crippen LogP contribution in [0.5, 0.6) is 0 Å². The highest BCUT2D eigenvalue weighted by molar-refractivity contribution is 5.94. The summed E-state index contributed by atoms with van der Waals surface area (Å²) in [4.78, 5) is 10.2. The van der Waals surface area contributed by atoms with Gasteiger partial charge in [0.05, 0.1) is 6.54 Å². The Labute approximate surface area is 72.2 Å². The molecule has 1 rings (SSSR count). The zero-order valence-corrected chi connectivity index (χ0v) is 7.32. The number of rotatable bonds is 2. The van der Waals surface area contributed by atoms with Crippen molar-refractivity contribution in [3.63, 3.8) is 0 Å². The average molecular weight is 169 g/mol. The molecular formula is C7H15N5. The maximum atomic E-state index is 5.25. The van der Waals surface area contributed by atoms with E-state index in [9.17, 15) is 0 Å². The van der Waals surface area contributed by atoms with Crippen LogP contribution in [0.2, 0.25) is 0 Å². The lowest BCUT2D eigenvalue weighted by molar-refractivity contribution is 0.452. The minimum Gasteiger partial charge on any atom is -0.370 e. The minimum absolute atomic E-state index is 0.0803. The Balaban J connectivity index is 2.57. The fraction of sp³-hybridized carbons (Fsp3) is 0.714. The quantitative estimate of drug-likeness (QED) is 0.425. The summed E-state index contributed by atoms with van der Waals surface area (Å²) in [5.74, 6) is 0.758. The SMILES string of the molecule is CCCN1CCN=C1N=C(N)N. The van der Waals surface area contributed by atoms with E-state index in [-0.39, 0.29) is 5.96 Å². The third-order valence-electron chi connectivity index (χ3n) is 1.63. The molecule has 5 nitrogen and oxygen atoms in total. The molecule has 0 radical (unpaired) electrons. The molecule has 0 amide bonds. The van der Waals surface area contributed by atoms with E-state index >= 15 is 0 Å². The van der Waals surface area contributed by atoms with E-state index in [1.165, 1.54) is 0 Å². The Hall–Kier alpha value is -1.26. The van der Waals surface area contributed by atoms with Crippen molar-refractivity contribution in [3.05, 3.63) is 0 Å². The summed E-state index contributed by atoms with van der Waals surface area (Å²) in [6.45, 7) is 4.81. The molecule has 1 heterocycles. The summed E-state index contributed by atoms with van der Waals surface area (Å²) < 4.78 is 0. The number of hydrogen-bond donors (Lipinski definition) is 2. The van der Waals surface area contributed by atoms with Gasteiger partial charge < -0.3 is 16.4 Å². The maximum Gasteiger partial charge on any atom is 0.224 e. The molecule has 0 saturated heterocycles. The van der Waals surface area contributed by atoms with Gasteiger partial charge in [-0.25, -0.2) is 4.99 Å². The molecule has 0 atom stereocenters. The van der Waals surface area contributed by atoms with Gasteiger partial charge in [0, 0.05) is 13.1 Å². The summed E-state index contributed by atoms with van der Waals surface area (Å²) >= 11 is 0. The minimum atomic E-state index is 0.0803. The largest absolute Gasteiger partial charge is 0.370 e. The lowest BCUT2D eigenvalue weighted by atomic mass is 10.4. The lowest BCUT2D eigenvalue weighted by Gasteiger charge is -2.15. The fourth-order valence-electron chi connectivity index (χ4n) is 1.17. The lowest BCUT2D eigenvalue weighted by Crippen LogP contribution is -2.31. The molecule has 0 aromatic heterocycles. The normalized spacial score (nSPS) is 16.1. The molecule has 0 bridgehead atoms. The van der Waals surface area contributed by atoms with E-state index in [0.717, 1.165) is 26.1 Å². The first-order valence-corrected chi connectivity index (χ1v) is 4.13. The second-order valence-electron chi connectivity index (χ2n) is 2.71. The van der Waals surface area contributed by atoms with Crippen molar-refractivity contribution < 1.29 is 0 Å². The number of nitrogens with zero attached hydrogens (tertiary/aromatic N) is 3. The van der Waals surface area contributed by atoms with Crippen molar-refractivity contribution in [2.24, 2.45) is 21.5 Å². The first kappa shape index (κ1) is 8.83. The molecule has 1 aliphatic rings. The molecule has 0 fully saturated rings. The van der Waals surface area contributed by atoms with Gasteiger partial charge >= 0.3 is 0 Å². The first-order valence-electron chi connectivity index (χ1n) is 4.13. The third kappa shape index (κ3) is 2.11. The molecule has 0 aromatic carbocycles. The van der Waals surface area contributed by atoms with Gasteiger partial charge in [-0.15, -0.1) is 0 Å². The molecule has 0 spiro atoms. The van der Waals surface area contributed by atoms with Crippen molar-refractivity contribution in [3.8, 4) is 0 Å². The van der Waals surface area contributed by atoms with Crippen LogP contribution < -0.4 is 11.5 Å². The monoisotopic (exact) mass is 169 g/mol. The van der Waals surface area contributed by atoms with Crippen molar-refractivity contribution in [1.82, 2.24) is 4.90 Å². The smallest absolute Gasteiger partial charge is 0.224 e. The Morgan fingerprint density at radius 2 is 2.42 bits per heavy atom. The molecule has 5 heteroatoms. The zero-order chi connectivity index (χ0) is 8.97. The summed E-state index contributed by atoms with van der Waals surface area (Å²) in [6.07, 6.45) is 1.08. The van der Waals surface area contributed by atoms with Crippen LogP contribution in [0.4, 0.5) is 0 Å². The Kier molecular flexibility index (Phi) is 2.90. The van der Waals surface area contributed by atoms with Gasteiger partial charge in [-0.2, -0.15) is 4.99 Å². The Bertz CT molecular complexity index is 204. The summed E-state index contributed by atoms with van der Waals surface area (Å²) in [5.41, 5.74) is 10.5. The van der Waals surface area contributed by atoms with Crippen LogP contribution in [0.25, 0.3) is 0 Å². The highest BCUT2D eigenvalue weighted by Crippen LogP contribution is 2.02. The summed E-state index contributed by atoms with van der Waals surface area (Å²) in [7, 11) is 0.